The normalized spacial score (nSPS) is 34.7. The first-order valence-corrected chi connectivity index (χ1v) is 16.1. The minimum absolute atomic E-state index is 0.0818. The summed E-state index contributed by atoms with van der Waals surface area (Å²) < 4.78 is 6.30. The number of hydrogen-bond acceptors (Lipinski definition) is 4. The Morgan fingerprint density at radius 3 is 1.61 bits per heavy atom. The Labute approximate surface area is 267 Å². The maximum Gasteiger partial charge on any atom is 0.162 e. The van der Waals surface area contributed by atoms with Crippen molar-refractivity contribution < 1.29 is 19.7 Å². The Kier molecular flexibility index (Phi) is 11.1. The number of ketones is 1. The van der Waals surface area contributed by atoms with Crippen molar-refractivity contribution in [2.24, 2.45) is 16.2 Å². The summed E-state index contributed by atoms with van der Waals surface area (Å²) in [6.07, 6.45) is 30.7. The van der Waals surface area contributed by atoms with Crippen molar-refractivity contribution in [3.63, 3.8) is 0 Å². The molecule has 2 aliphatic heterocycles. The minimum Gasteiger partial charge on any atom is -0.393 e. The average molecular weight is 601 g/mol. The van der Waals surface area contributed by atoms with Gasteiger partial charge in [0.2, 0.25) is 0 Å². The third-order valence-electron chi connectivity index (χ3n) is 10.3. The van der Waals surface area contributed by atoms with E-state index >= 15 is 0 Å². The number of carbonyl (C=O) groups is 1. The molecular formula is C40H56O4. The predicted octanol–water partition coefficient (Wildman–Crippen LogP) is 9.02. The van der Waals surface area contributed by atoms with Crippen LogP contribution in [0.5, 0.6) is 0 Å². The molecule has 3 aliphatic rings. The van der Waals surface area contributed by atoms with Gasteiger partial charge < -0.3 is 14.9 Å². The van der Waals surface area contributed by atoms with E-state index in [0.717, 1.165) is 28.7 Å². The van der Waals surface area contributed by atoms with Crippen molar-refractivity contribution in [2.45, 2.75) is 118 Å². The highest BCUT2D eigenvalue weighted by Crippen LogP contribution is 2.60. The lowest BCUT2D eigenvalue weighted by Crippen LogP contribution is -2.56. The van der Waals surface area contributed by atoms with E-state index in [9.17, 15) is 15.0 Å². The summed E-state index contributed by atoms with van der Waals surface area (Å²) in [6.45, 7) is 20.6. The Balaban J connectivity index is 1.50. The van der Waals surface area contributed by atoms with Gasteiger partial charge in [0.1, 0.15) is 5.60 Å². The van der Waals surface area contributed by atoms with E-state index in [1.165, 1.54) is 0 Å². The first-order chi connectivity index (χ1) is 20.3. The number of aliphatic hydroxyl groups excluding tert-OH is 1. The van der Waals surface area contributed by atoms with Crippen LogP contribution in [-0.2, 0) is 9.53 Å². The second-order valence-electron chi connectivity index (χ2n) is 15.1. The molecule has 0 unspecified atom stereocenters. The zero-order valence-electron chi connectivity index (χ0n) is 28.8. The predicted molar refractivity (Wildman–Crippen MR) is 184 cm³/mol. The molecule has 2 N–H and O–H groups in total. The van der Waals surface area contributed by atoms with E-state index in [-0.39, 0.29) is 22.7 Å². The molecule has 1 aliphatic carbocycles. The number of allylic oxidation sites excluding steroid dienone is 17. The van der Waals surface area contributed by atoms with Gasteiger partial charge in [-0.05, 0) is 71.4 Å². The van der Waals surface area contributed by atoms with Crippen LogP contribution in [-0.4, -0.2) is 39.4 Å². The van der Waals surface area contributed by atoms with Crippen LogP contribution in [0, 0.1) is 16.2 Å². The molecule has 0 aromatic heterocycles. The highest BCUT2D eigenvalue weighted by Gasteiger charge is 2.67. The van der Waals surface area contributed by atoms with E-state index in [4.69, 9.17) is 4.74 Å². The van der Waals surface area contributed by atoms with Crippen LogP contribution in [0.2, 0.25) is 0 Å². The number of ether oxygens (including phenoxy) is 1. The van der Waals surface area contributed by atoms with E-state index < -0.39 is 22.7 Å². The van der Waals surface area contributed by atoms with E-state index in [1.807, 2.05) is 63.3 Å². The zero-order chi connectivity index (χ0) is 33.0. The molecule has 0 radical (unpaired) electrons. The van der Waals surface area contributed by atoms with Crippen LogP contribution >= 0.6 is 0 Å². The van der Waals surface area contributed by atoms with Gasteiger partial charge in [0.15, 0.2) is 5.78 Å². The summed E-state index contributed by atoms with van der Waals surface area (Å²) in [5, 5.41) is 21.2. The third-order valence-corrected chi connectivity index (χ3v) is 10.3. The highest BCUT2D eigenvalue weighted by atomic mass is 16.5. The molecule has 2 heterocycles. The molecule has 3 rings (SSSR count). The largest absolute Gasteiger partial charge is 0.393 e. The molecule has 2 bridgehead atoms. The van der Waals surface area contributed by atoms with E-state index in [0.29, 0.717) is 19.3 Å². The SMILES string of the molecule is CC(/C=C/C=C(C)/C=C/C(=O)[C@]1(C)C[C@@H](O)CC1(C)C)=C\C=C\C=C(C)\C=C\C=C(C)\C=C\[C@@]12O[C@@H](CC1(C)C)C[C@@]2(C)O. The van der Waals surface area contributed by atoms with Crippen molar-refractivity contribution >= 4 is 5.78 Å². The summed E-state index contributed by atoms with van der Waals surface area (Å²) in [6, 6.07) is 0. The van der Waals surface area contributed by atoms with Crippen molar-refractivity contribution in [1.82, 2.24) is 0 Å². The fourth-order valence-electron chi connectivity index (χ4n) is 7.24. The molecule has 4 heteroatoms. The molecule has 44 heavy (non-hydrogen) atoms. The van der Waals surface area contributed by atoms with Gasteiger partial charge in [0.05, 0.1) is 17.8 Å². The molecule has 1 saturated carbocycles. The standard InChI is InChI=1S/C40H56O4/c1-29(17-13-19-31(3)21-22-35(42)38(9)26-33(41)25-36(38,5)6)15-11-12-16-30(2)18-14-20-32(4)23-24-40-37(7,8)27-34(44-40)28-39(40,10)43/h11-24,33-34,41,43H,25-28H2,1-10H3/b12-11+,17-13+,18-14+,22-21+,24-23+,29-15+,30-16+,31-19+,32-20+/t33-,34-,38-,39+,40+/m0/s1. The molecule has 5 atom stereocenters. The van der Waals surface area contributed by atoms with Crippen LogP contribution in [0.25, 0.3) is 0 Å². The Bertz CT molecular complexity index is 1330. The Morgan fingerprint density at radius 1 is 0.636 bits per heavy atom. The van der Waals surface area contributed by atoms with Crippen LogP contribution in [0.3, 0.4) is 0 Å². The molecule has 2 saturated heterocycles. The molecule has 4 nitrogen and oxygen atoms in total. The number of hydrogen-bond donors (Lipinski definition) is 2. The summed E-state index contributed by atoms with van der Waals surface area (Å²) >= 11 is 0. The fourth-order valence-corrected chi connectivity index (χ4v) is 7.24. The highest BCUT2D eigenvalue weighted by molar-refractivity contribution is 5.95. The molecule has 0 amide bonds. The average Bonchev–Trinajstić information content (AvgIpc) is 3.41. The first kappa shape index (κ1) is 35.7. The van der Waals surface area contributed by atoms with Gasteiger partial charge in [-0.3, -0.25) is 4.79 Å². The maximum absolute atomic E-state index is 12.9. The summed E-state index contributed by atoms with van der Waals surface area (Å²) in [7, 11) is 0. The first-order valence-electron chi connectivity index (χ1n) is 16.1. The van der Waals surface area contributed by atoms with Crippen molar-refractivity contribution in [3.8, 4) is 0 Å². The smallest absolute Gasteiger partial charge is 0.162 e. The van der Waals surface area contributed by atoms with Gasteiger partial charge in [-0.2, -0.15) is 0 Å². The van der Waals surface area contributed by atoms with Crippen LogP contribution < -0.4 is 0 Å². The van der Waals surface area contributed by atoms with Gasteiger partial charge in [-0.1, -0.05) is 130 Å². The number of aliphatic hydroxyl groups is 2. The lowest BCUT2D eigenvalue weighted by molar-refractivity contribution is -0.127. The molecule has 0 spiro atoms. The Morgan fingerprint density at radius 2 is 1.14 bits per heavy atom. The summed E-state index contributed by atoms with van der Waals surface area (Å²) in [5.41, 5.74) is 2.00. The molecule has 0 aromatic carbocycles. The monoisotopic (exact) mass is 600 g/mol. The number of rotatable bonds is 11. The maximum atomic E-state index is 12.9. The van der Waals surface area contributed by atoms with Crippen LogP contribution in [0.4, 0.5) is 0 Å². The molecule has 3 fully saturated rings. The lowest BCUT2D eigenvalue weighted by Gasteiger charge is -2.46. The van der Waals surface area contributed by atoms with Gasteiger partial charge in [-0.25, -0.2) is 0 Å². The molecule has 0 aromatic rings. The van der Waals surface area contributed by atoms with Gasteiger partial charge in [0, 0.05) is 17.3 Å². The Hall–Kier alpha value is -2.79. The lowest BCUT2D eigenvalue weighted by atomic mass is 9.61. The fraction of sp³-hybridized carbons (Fsp3) is 0.525. The van der Waals surface area contributed by atoms with Crippen LogP contribution in [0.1, 0.15) is 94.9 Å². The van der Waals surface area contributed by atoms with Gasteiger partial charge in [0.25, 0.3) is 0 Å². The van der Waals surface area contributed by atoms with E-state index in [2.05, 4.69) is 84.9 Å². The minimum atomic E-state index is -0.855. The van der Waals surface area contributed by atoms with Crippen LogP contribution in [0.15, 0.2) is 107 Å². The second-order valence-corrected chi connectivity index (χ2v) is 15.1. The van der Waals surface area contributed by atoms with Gasteiger partial charge >= 0.3 is 0 Å². The third kappa shape index (κ3) is 7.88. The molecule has 240 valence electrons. The zero-order valence-corrected chi connectivity index (χ0v) is 28.8. The van der Waals surface area contributed by atoms with Crippen molar-refractivity contribution in [2.75, 3.05) is 0 Å². The summed E-state index contributed by atoms with van der Waals surface area (Å²) in [4.78, 5) is 12.9. The number of carbonyl (C=O) groups excluding carboxylic acids is 1. The number of fused-ring (bicyclic) bond motifs is 2. The summed E-state index contributed by atoms with van der Waals surface area (Å²) in [5.74, 6) is 0.0818. The quantitative estimate of drug-likeness (QED) is 0.183. The van der Waals surface area contributed by atoms with Crippen molar-refractivity contribution in [1.29, 1.82) is 0 Å². The second kappa shape index (κ2) is 13.7. The topological polar surface area (TPSA) is 66.8 Å². The van der Waals surface area contributed by atoms with Crippen molar-refractivity contribution in [3.05, 3.63) is 107 Å². The van der Waals surface area contributed by atoms with E-state index in [1.54, 1.807) is 6.08 Å². The van der Waals surface area contributed by atoms with Gasteiger partial charge in [-0.15, -0.1) is 0 Å². The molecular weight excluding hydrogens is 544 g/mol.